The summed E-state index contributed by atoms with van der Waals surface area (Å²) in [4.78, 5) is 33.4. The molecule has 0 aliphatic heterocycles. The number of hydrogen-bond acceptors (Lipinski definition) is 6. The summed E-state index contributed by atoms with van der Waals surface area (Å²) in [6.45, 7) is 1.16. The third-order valence-corrected chi connectivity index (χ3v) is 4.21. The number of amides is 2. The first kappa shape index (κ1) is 21.7. The van der Waals surface area contributed by atoms with Crippen LogP contribution in [0.2, 0.25) is 15.1 Å². The lowest BCUT2D eigenvalue weighted by molar-refractivity contribution is -0.146. The molecule has 0 atom stereocenters. The van der Waals surface area contributed by atoms with E-state index in [4.69, 9.17) is 49.1 Å². The fourth-order valence-electron chi connectivity index (χ4n) is 2.14. The summed E-state index contributed by atoms with van der Waals surface area (Å²) in [5.74, 6) is 0.298. The minimum Gasteiger partial charge on any atom is -0.438 e. The Hall–Kier alpha value is -3.00. The number of carbonyl (C=O) groups is 2. The van der Waals surface area contributed by atoms with Gasteiger partial charge in [-0.25, -0.2) is 9.78 Å². The Kier molecular flexibility index (Phi) is 6.99. The molecule has 0 saturated heterocycles. The zero-order valence-electron chi connectivity index (χ0n) is 15.3. The summed E-state index contributed by atoms with van der Waals surface area (Å²) in [5, 5.41) is 1.60. The van der Waals surface area contributed by atoms with Crippen LogP contribution >= 0.6 is 34.8 Å². The quantitative estimate of drug-likeness (QED) is 0.417. The van der Waals surface area contributed by atoms with E-state index in [1.54, 1.807) is 12.1 Å². The number of aromatic nitrogens is 1. The van der Waals surface area contributed by atoms with Gasteiger partial charge in [-0.3, -0.25) is 4.79 Å². The van der Waals surface area contributed by atoms with Crippen LogP contribution in [0.5, 0.6) is 23.1 Å². The van der Waals surface area contributed by atoms with Crippen molar-refractivity contribution in [2.24, 2.45) is 0 Å². The Morgan fingerprint density at radius 2 is 1.47 bits per heavy atom. The minimum atomic E-state index is -1.02. The van der Waals surface area contributed by atoms with Crippen molar-refractivity contribution >= 4 is 46.8 Å². The second-order valence-electron chi connectivity index (χ2n) is 5.74. The largest absolute Gasteiger partial charge is 0.456 e. The van der Waals surface area contributed by atoms with Gasteiger partial charge in [-0.2, -0.15) is 0 Å². The van der Waals surface area contributed by atoms with Crippen molar-refractivity contribution in [3.8, 4) is 23.1 Å². The van der Waals surface area contributed by atoms with Gasteiger partial charge in [0.05, 0.1) is 5.02 Å². The maximum Gasteiger partial charge on any atom is 0.456 e. The van der Waals surface area contributed by atoms with Crippen molar-refractivity contribution in [2.45, 2.75) is 6.92 Å². The van der Waals surface area contributed by atoms with Crippen molar-refractivity contribution < 1.29 is 23.9 Å². The molecule has 10 heteroatoms. The molecule has 2 amide bonds. The highest BCUT2D eigenvalue weighted by atomic mass is 35.5. The Morgan fingerprint density at radius 3 is 2.07 bits per heavy atom. The molecule has 0 saturated carbocycles. The topological polar surface area (TPSA) is 78.0 Å². The summed E-state index contributed by atoms with van der Waals surface area (Å²) in [5.41, 5.74) is 0. The second kappa shape index (κ2) is 9.67. The van der Waals surface area contributed by atoms with E-state index >= 15 is 0 Å². The van der Waals surface area contributed by atoms with E-state index < -0.39 is 12.0 Å². The SMILES string of the molecule is CC(=O)N(Oc1ccc(Cl)cc1)C(=O)Oc1ccc(Oc2ncc(Cl)cc2Cl)cc1. The van der Waals surface area contributed by atoms with Crippen LogP contribution in [-0.4, -0.2) is 22.0 Å². The average molecular weight is 468 g/mol. The summed E-state index contributed by atoms with van der Waals surface area (Å²) >= 11 is 17.6. The standard InChI is InChI=1S/C20H13Cl3N2O5/c1-12(26)25(30-17-4-2-13(21)3-5-17)20(27)29-16-8-6-15(7-9-16)28-19-18(23)10-14(22)11-24-19/h2-11H,1H3. The van der Waals surface area contributed by atoms with E-state index in [1.807, 2.05) is 0 Å². The fraction of sp³-hybridized carbons (Fsp3) is 0.0500. The number of nitrogens with zero attached hydrogens (tertiary/aromatic N) is 2. The number of ether oxygens (including phenoxy) is 2. The molecular weight excluding hydrogens is 455 g/mol. The smallest absolute Gasteiger partial charge is 0.438 e. The van der Waals surface area contributed by atoms with Crippen molar-refractivity contribution in [3.05, 3.63) is 75.9 Å². The number of hydrogen-bond donors (Lipinski definition) is 0. The highest BCUT2D eigenvalue weighted by Gasteiger charge is 2.23. The fourth-order valence-corrected chi connectivity index (χ4v) is 2.68. The van der Waals surface area contributed by atoms with Gasteiger partial charge in [-0.15, -0.1) is 0 Å². The van der Waals surface area contributed by atoms with Crippen molar-refractivity contribution in [3.63, 3.8) is 0 Å². The van der Waals surface area contributed by atoms with Crippen LogP contribution in [0.15, 0.2) is 60.8 Å². The van der Waals surface area contributed by atoms with Gasteiger partial charge in [0.25, 0.3) is 5.91 Å². The molecule has 3 aromatic rings. The van der Waals surface area contributed by atoms with E-state index in [0.29, 0.717) is 20.9 Å². The molecular formula is C20H13Cl3N2O5. The molecule has 0 aliphatic rings. The van der Waals surface area contributed by atoms with Crippen LogP contribution in [0.3, 0.4) is 0 Å². The highest BCUT2D eigenvalue weighted by Crippen LogP contribution is 2.30. The first-order valence-corrected chi connectivity index (χ1v) is 9.50. The van der Waals surface area contributed by atoms with E-state index in [0.717, 1.165) is 6.92 Å². The predicted molar refractivity (Wildman–Crippen MR) is 111 cm³/mol. The van der Waals surface area contributed by atoms with E-state index in [9.17, 15) is 9.59 Å². The van der Waals surface area contributed by atoms with Gasteiger partial charge in [-0.05, 0) is 54.6 Å². The van der Waals surface area contributed by atoms with Gasteiger partial charge in [-0.1, -0.05) is 39.9 Å². The molecule has 154 valence electrons. The van der Waals surface area contributed by atoms with Crippen LogP contribution in [0, 0.1) is 0 Å². The maximum absolute atomic E-state index is 12.3. The maximum atomic E-state index is 12.3. The molecule has 1 heterocycles. The van der Waals surface area contributed by atoms with Gasteiger partial charge in [0, 0.05) is 18.1 Å². The third kappa shape index (κ3) is 5.76. The average Bonchev–Trinajstić information content (AvgIpc) is 2.70. The zero-order valence-corrected chi connectivity index (χ0v) is 17.6. The molecule has 3 rings (SSSR count). The summed E-state index contributed by atoms with van der Waals surface area (Å²) in [6, 6.07) is 13.6. The Morgan fingerprint density at radius 1 is 0.867 bits per heavy atom. The van der Waals surface area contributed by atoms with Gasteiger partial charge < -0.3 is 14.3 Å². The molecule has 1 aromatic heterocycles. The molecule has 0 bridgehead atoms. The van der Waals surface area contributed by atoms with Gasteiger partial charge in [0.15, 0.2) is 5.75 Å². The third-order valence-electron chi connectivity index (χ3n) is 3.48. The van der Waals surface area contributed by atoms with Crippen molar-refractivity contribution in [1.29, 1.82) is 0 Å². The summed E-state index contributed by atoms with van der Waals surface area (Å²) in [7, 11) is 0. The van der Waals surface area contributed by atoms with Gasteiger partial charge in [0.1, 0.15) is 16.5 Å². The molecule has 0 spiro atoms. The number of pyridine rings is 1. The lowest BCUT2D eigenvalue weighted by Gasteiger charge is -2.18. The lowest BCUT2D eigenvalue weighted by atomic mass is 10.3. The first-order valence-electron chi connectivity index (χ1n) is 8.37. The van der Waals surface area contributed by atoms with Gasteiger partial charge >= 0.3 is 6.09 Å². The lowest BCUT2D eigenvalue weighted by Crippen LogP contribution is -2.40. The number of hydroxylamine groups is 2. The molecule has 0 radical (unpaired) electrons. The first-order chi connectivity index (χ1) is 14.3. The Labute approximate surface area is 186 Å². The van der Waals surface area contributed by atoms with Crippen LogP contribution in [0.4, 0.5) is 4.79 Å². The molecule has 2 aromatic carbocycles. The monoisotopic (exact) mass is 466 g/mol. The van der Waals surface area contributed by atoms with E-state index in [-0.39, 0.29) is 22.4 Å². The summed E-state index contributed by atoms with van der Waals surface area (Å²) < 4.78 is 10.7. The zero-order chi connectivity index (χ0) is 21.7. The normalized spacial score (nSPS) is 10.3. The van der Waals surface area contributed by atoms with Crippen LogP contribution < -0.4 is 14.3 Å². The number of rotatable bonds is 5. The molecule has 7 nitrogen and oxygen atoms in total. The minimum absolute atomic E-state index is 0.161. The Balaban J connectivity index is 1.66. The van der Waals surface area contributed by atoms with Gasteiger partial charge in [0.2, 0.25) is 5.88 Å². The second-order valence-corrected chi connectivity index (χ2v) is 7.02. The molecule has 0 fully saturated rings. The van der Waals surface area contributed by atoms with E-state index in [2.05, 4.69) is 4.98 Å². The number of imide groups is 1. The Bertz CT molecular complexity index is 1060. The van der Waals surface area contributed by atoms with Crippen LogP contribution in [-0.2, 0) is 4.79 Å². The summed E-state index contributed by atoms with van der Waals surface area (Å²) in [6.07, 6.45) is 0.379. The molecule has 0 N–H and O–H groups in total. The highest BCUT2D eigenvalue weighted by molar-refractivity contribution is 6.35. The number of benzene rings is 2. The number of carbonyl (C=O) groups excluding carboxylic acids is 2. The molecule has 0 aliphatic carbocycles. The van der Waals surface area contributed by atoms with Crippen LogP contribution in [0.25, 0.3) is 0 Å². The molecule has 30 heavy (non-hydrogen) atoms. The number of halogens is 3. The van der Waals surface area contributed by atoms with Crippen LogP contribution in [0.1, 0.15) is 6.92 Å². The molecule has 0 unspecified atom stereocenters. The van der Waals surface area contributed by atoms with Crippen molar-refractivity contribution in [1.82, 2.24) is 10.0 Å². The predicted octanol–water partition coefficient (Wildman–Crippen LogP) is 6.18. The van der Waals surface area contributed by atoms with Crippen molar-refractivity contribution in [2.75, 3.05) is 0 Å². The van der Waals surface area contributed by atoms with E-state index in [1.165, 1.54) is 48.7 Å².